The van der Waals surface area contributed by atoms with E-state index in [1.165, 1.54) is 10.7 Å². The number of aryl methyl sites for hydroxylation is 1. The molecule has 0 saturated carbocycles. The van der Waals surface area contributed by atoms with Gasteiger partial charge in [0.15, 0.2) is 0 Å². The van der Waals surface area contributed by atoms with Crippen LogP contribution in [-0.2, 0) is 17.9 Å². The average Bonchev–Trinajstić information content (AvgIpc) is 3.14. The second kappa shape index (κ2) is 10.5. The van der Waals surface area contributed by atoms with Gasteiger partial charge in [0.1, 0.15) is 18.1 Å². The molecular formula is C21H25F2N7O2. The Bertz CT molecular complexity index is 1060. The zero-order chi connectivity index (χ0) is 23.1. The van der Waals surface area contributed by atoms with Gasteiger partial charge in [-0.05, 0) is 38.5 Å². The van der Waals surface area contributed by atoms with Gasteiger partial charge in [-0.25, -0.2) is 4.98 Å². The van der Waals surface area contributed by atoms with Gasteiger partial charge in [0.2, 0.25) is 11.9 Å². The molecule has 0 atom stereocenters. The Morgan fingerprint density at radius 2 is 2.06 bits per heavy atom. The molecule has 0 radical (unpaired) electrons. The Kier molecular flexibility index (Phi) is 7.53. The molecule has 11 heteroatoms. The third kappa shape index (κ3) is 6.89. The van der Waals surface area contributed by atoms with Gasteiger partial charge in [0, 0.05) is 30.5 Å². The van der Waals surface area contributed by atoms with E-state index >= 15 is 0 Å². The summed E-state index contributed by atoms with van der Waals surface area (Å²) in [4.78, 5) is 20.6. The normalized spacial score (nSPS) is 11.0. The number of anilines is 3. The lowest BCUT2D eigenvalue weighted by Gasteiger charge is -2.11. The van der Waals surface area contributed by atoms with Gasteiger partial charge in [-0.15, -0.1) is 0 Å². The number of ether oxygens (including phenoxy) is 1. The summed E-state index contributed by atoms with van der Waals surface area (Å²) in [5.74, 6) is 0.904. The smallest absolute Gasteiger partial charge is 0.387 e. The standard InChI is InChI=1S/C21H25F2N7O2/c1-13(2)27-18(31)12-30-11-16(10-26-30)28-21-25-8-14(3)19(29-21)24-9-15-5-4-6-17(7-15)32-20(22)23/h4-8,10-11,13,20H,9,12H2,1-3H3,(H,27,31)(H2,24,25,28,29). The molecule has 2 aromatic heterocycles. The monoisotopic (exact) mass is 445 g/mol. The van der Waals surface area contributed by atoms with Crippen molar-refractivity contribution in [2.24, 2.45) is 0 Å². The first kappa shape index (κ1) is 22.9. The number of halogens is 2. The highest BCUT2D eigenvalue weighted by atomic mass is 19.3. The summed E-state index contributed by atoms with van der Waals surface area (Å²) >= 11 is 0. The van der Waals surface area contributed by atoms with Crippen LogP contribution in [0.3, 0.4) is 0 Å². The number of aromatic nitrogens is 4. The molecular weight excluding hydrogens is 420 g/mol. The number of alkyl halides is 2. The number of rotatable bonds is 10. The number of nitrogens with one attached hydrogen (secondary N) is 3. The van der Waals surface area contributed by atoms with Crippen molar-refractivity contribution in [1.29, 1.82) is 0 Å². The van der Waals surface area contributed by atoms with E-state index in [1.54, 1.807) is 36.8 Å². The molecule has 3 N–H and O–H groups in total. The molecule has 0 bridgehead atoms. The molecule has 1 amide bonds. The second-order valence-electron chi connectivity index (χ2n) is 7.38. The first-order valence-electron chi connectivity index (χ1n) is 9.98. The fraction of sp³-hybridized carbons (Fsp3) is 0.333. The maximum Gasteiger partial charge on any atom is 0.387 e. The van der Waals surface area contributed by atoms with E-state index in [0.717, 1.165) is 11.1 Å². The van der Waals surface area contributed by atoms with Crippen molar-refractivity contribution in [3.8, 4) is 5.75 Å². The maximum atomic E-state index is 12.4. The fourth-order valence-electron chi connectivity index (χ4n) is 2.86. The van der Waals surface area contributed by atoms with Crippen LogP contribution in [0.2, 0.25) is 0 Å². The summed E-state index contributed by atoms with van der Waals surface area (Å²) in [5.41, 5.74) is 2.21. The molecule has 0 unspecified atom stereocenters. The molecule has 2 heterocycles. The van der Waals surface area contributed by atoms with Gasteiger partial charge < -0.3 is 20.7 Å². The van der Waals surface area contributed by atoms with E-state index in [9.17, 15) is 13.6 Å². The van der Waals surface area contributed by atoms with Crippen molar-refractivity contribution >= 4 is 23.4 Å². The summed E-state index contributed by atoms with van der Waals surface area (Å²) in [6, 6.07) is 6.51. The summed E-state index contributed by atoms with van der Waals surface area (Å²) in [7, 11) is 0. The van der Waals surface area contributed by atoms with Crippen LogP contribution in [0.5, 0.6) is 5.75 Å². The number of hydrogen-bond acceptors (Lipinski definition) is 7. The van der Waals surface area contributed by atoms with Crippen molar-refractivity contribution in [3.63, 3.8) is 0 Å². The van der Waals surface area contributed by atoms with Crippen molar-refractivity contribution in [2.45, 2.75) is 46.5 Å². The zero-order valence-electron chi connectivity index (χ0n) is 18.0. The van der Waals surface area contributed by atoms with Gasteiger partial charge in [0.25, 0.3) is 0 Å². The zero-order valence-corrected chi connectivity index (χ0v) is 18.0. The van der Waals surface area contributed by atoms with E-state index in [1.807, 2.05) is 20.8 Å². The summed E-state index contributed by atoms with van der Waals surface area (Å²) in [6.45, 7) is 3.24. The van der Waals surface area contributed by atoms with Crippen molar-refractivity contribution in [2.75, 3.05) is 10.6 Å². The summed E-state index contributed by atoms with van der Waals surface area (Å²) in [5, 5.41) is 13.2. The quantitative estimate of drug-likeness (QED) is 0.439. The Hall–Kier alpha value is -3.76. The molecule has 3 rings (SSSR count). The number of carbonyl (C=O) groups is 1. The number of hydrogen-bond donors (Lipinski definition) is 3. The molecule has 0 fully saturated rings. The first-order valence-corrected chi connectivity index (χ1v) is 9.98. The predicted molar refractivity (Wildman–Crippen MR) is 116 cm³/mol. The van der Waals surface area contributed by atoms with Gasteiger partial charge in [-0.1, -0.05) is 12.1 Å². The highest BCUT2D eigenvalue weighted by Gasteiger charge is 2.09. The Labute approximate surface area is 184 Å². The van der Waals surface area contributed by atoms with Crippen LogP contribution >= 0.6 is 0 Å². The Morgan fingerprint density at radius 3 is 2.81 bits per heavy atom. The van der Waals surface area contributed by atoms with Gasteiger partial charge >= 0.3 is 6.61 Å². The Balaban J connectivity index is 1.62. The summed E-state index contributed by atoms with van der Waals surface area (Å²) in [6.07, 6.45) is 4.92. The summed E-state index contributed by atoms with van der Waals surface area (Å²) < 4.78 is 30.8. The highest BCUT2D eigenvalue weighted by molar-refractivity contribution is 5.76. The van der Waals surface area contributed by atoms with E-state index in [4.69, 9.17) is 0 Å². The molecule has 0 spiro atoms. The first-order chi connectivity index (χ1) is 15.3. The molecule has 0 saturated heterocycles. The minimum absolute atomic E-state index is 0.0573. The van der Waals surface area contributed by atoms with Crippen LogP contribution < -0.4 is 20.7 Å². The topological polar surface area (TPSA) is 106 Å². The molecule has 9 nitrogen and oxygen atoms in total. The van der Waals surface area contributed by atoms with Crippen LogP contribution in [0.1, 0.15) is 25.0 Å². The van der Waals surface area contributed by atoms with E-state index in [2.05, 4.69) is 35.8 Å². The van der Waals surface area contributed by atoms with Gasteiger partial charge in [-0.3, -0.25) is 9.48 Å². The third-order valence-electron chi connectivity index (χ3n) is 4.20. The lowest BCUT2D eigenvalue weighted by molar-refractivity contribution is -0.122. The second-order valence-corrected chi connectivity index (χ2v) is 7.38. The number of benzene rings is 1. The minimum atomic E-state index is -2.87. The van der Waals surface area contributed by atoms with Crippen LogP contribution in [-0.4, -0.2) is 38.3 Å². The molecule has 1 aromatic carbocycles. The molecule has 0 aliphatic carbocycles. The average molecular weight is 445 g/mol. The molecule has 0 aliphatic heterocycles. The molecule has 32 heavy (non-hydrogen) atoms. The number of carbonyl (C=O) groups excluding carboxylic acids is 1. The number of amides is 1. The highest BCUT2D eigenvalue weighted by Crippen LogP contribution is 2.19. The van der Waals surface area contributed by atoms with E-state index in [0.29, 0.717) is 24.0 Å². The largest absolute Gasteiger partial charge is 0.435 e. The third-order valence-corrected chi connectivity index (χ3v) is 4.20. The molecule has 3 aromatic rings. The van der Waals surface area contributed by atoms with Crippen LogP contribution in [0.25, 0.3) is 0 Å². The van der Waals surface area contributed by atoms with Crippen molar-refractivity contribution in [1.82, 2.24) is 25.1 Å². The van der Waals surface area contributed by atoms with Crippen LogP contribution in [0.15, 0.2) is 42.9 Å². The fourth-order valence-corrected chi connectivity index (χ4v) is 2.86. The maximum absolute atomic E-state index is 12.4. The lowest BCUT2D eigenvalue weighted by atomic mass is 10.2. The molecule has 0 aliphatic rings. The van der Waals surface area contributed by atoms with Crippen LogP contribution in [0, 0.1) is 6.92 Å². The van der Waals surface area contributed by atoms with Crippen LogP contribution in [0.4, 0.5) is 26.2 Å². The number of nitrogens with zero attached hydrogens (tertiary/aromatic N) is 4. The predicted octanol–water partition coefficient (Wildman–Crippen LogP) is 3.46. The SMILES string of the molecule is Cc1cnc(Nc2cnn(CC(=O)NC(C)C)c2)nc1NCc1cccc(OC(F)F)c1. The molecule has 170 valence electrons. The lowest BCUT2D eigenvalue weighted by Crippen LogP contribution is -2.33. The minimum Gasteiger partial charge on any atom is -0.435 e. The van der Waals surface area contributed by atoms with E-state index < -0.39 is 6.61 Å². The van der Waals surface area contributed by atoms with Crippen molar-refractivity contribution in [3.05, 3.63) is 54.0 Å². The van der Waals surface area contributed by atoms with Crippen molar-refractivity contribution < 1.29 is 18.3 Å². The van der Waals surface area contributed by atoms with Gasteiger partial charge in [0.05, 0.1) is 11.9 Å². The van der Waals surface area contributed by atoms with Gasteiger partial charge in [-0.2, -0.15) is 18.9 Å². The van der Waals surface area contributed by atoms with E-state index in [-0.39, 0.29) is 24.2 Å². The Morgan fingerprint density at radius 1 is 1.25 bits per heavy atom.